The van der Waals surface area contributed by atoms with Gasteiger partial charge in [-0.25, -0.2) is 4.39 Å². The molecule has 3 rings (SSSR count). The van der Waals surface area contributed by atoms with Crippen molar-refractivity contribution in [2.45, 2.75) is 25.4 Å². The van der Waals surface area contributed by atoms with Gasteiger partial charge in [0.2, 0.25) is 5.91 Å². The maximum Gasteiger partial charge on any atom is 0.306 e. The summed E-state index contributed by atoms with van der Waals surface area (Å²) in [6.45, 7) is 1.12. The van der Waals surface area contributed by atoms with Gasteiger partial charge in [-0.05, 0) is 24.6 Å². The number of hydrogen-bond donors (Lipinski definition) is 1. The Hall–Kier alpha value is -2.48. The van der Waals surface area contributed by atoms with Crippen LogP contribution in [0.5, 0.6) is 0 Å². The van der Waals surface area contributed by atoms with Crippen LogP contribution < -0.4 is 4.90 Å². The Balaban J connectivity index is 1.79. The number of carboxylic acid groups (broad SMARTS) is 1. The van der Waals surface area contributed by atoms with E-state index in [1.165, 1.54) is 23.1 Å². The number of carbonyl (C=O) groups is 3. The van der Waals surface area contributed by atoms with Crippen LogP contribution in [0.4, 0.5) is 10.1 Å². The first-order valence-electron chi connectivity index (χ1n) is 8.18. The van der Waals surface area contributed by atoms with E-state index in [2.05, 4.69) is 0 Å². The molecule has 2 heterocycles. The number of anilines is 1. The van der Waals surface area contributed by atoms with Gasteiger partial charge >= 0.3 is 5.97 Å². The van der Waals surface area contributed by atoms with Crippen LogP contribution in [-0.4, -0.2) is 60.1 Å². The number of rotatable bonds is 4. The molecular weight excluding hydrogens is 331 g/mol. The van der Waals surface area contributed by atoms with Crippen molar-refractivity contribution in [2.24, 2.45) is 0 Å². The van der Waals surface area contributed by atoms with Gasteiger partial charge in [0.05, 0.1) is 24.7 Å². The van der Waals surface area contributed by atoms with Crippen LogP contribution in [0.15, 0.2) is 18.2 Å². The number of carbonyl (C=O) groups excluding carboxylic acids is 2. The minimum Gasteiger partial charge on any atom is -0.481 e. The van der Waals surface area contributed by atoms with Crippen LogP contribution in [0.25, 0.3) is 0 Å². The smallest absolute Gasteiger partial charge is 0.306 e. The van der Waals surface area contributed by atoms with E-state index in [1.807, 2.05) is 0 Å². The second-order valence-corrected chi connectivity index (χ2v) is 6.15. The average Bonchev–Trinajstić information content (AvgIpc) is 3.00. The van der Waals surface area contributed by atoms with E-state index < -0.39 is 23.8 Å². The summed E-state index contributed by atoms with van der Waals surface area (Å²) < 4.78 is 19.5. The van der Waals surface area contributed by atoms with Crippen molar-refractivity contribution in [1.82, 2.24) is 4.90 Å². The van der Waals surface area contributed by atoms with Crippen LogP contribution >= 0.6 is 0 Å². The molecule has 1 atom stereocenters. The minimum atomic E-state index is -1.01. The molecule has 0 bridgehead atoms. The van der Waals surface area contributed by atoms with Crippen molar-refractivity contribution in [2.75, 3.05) is 31.1 Å². The fraction of sp³-hybridized carbons (Fsp3) is 0.471. The lowest BCUT2D eigenvalue weighted by Gasteiger charge is -2.32. The van der Waals surface area contributed by atoms with Crippen LogP contribution in [0.2, 0.25) is 0 Å². The predicted octanol–water partition coefficient (Wildman–Crippen LogP) is 1.27. The molecular formula is C17H19FN2O5. The first kappa shape index (κ1) is 17.3. The molecule has 0 saturated carbocycles. The van der Waals surface area contributed by atoms with Crippen molar-refractivity contribution >= 4 is 23.5 Å². The number of nitrogens with zero attached hydrogens (tertiary/aromatic N) is 2. The lowest BCUT2D eigenvalue weighted by atomic mass is 10.1. The number of halogens is 1. The summed E-state index contributed by atoms with van der Waals surface area (Å²) in [5.74, 6) is -2.25. The largest absolute Gasteiger partial charge is 0.481 e. The van der Waals surface area contributed by atoms with Gasteiger partial charge in [-0.3, -0.25) is 14.4 Å². The zero-order chi connectivity index (χ0) is 18.0. The molecule has 0 aliphatic carbocycles. The molecule has 2 amide bonds. The first-order valence-corrected chi connectivity index (χ1v) is 8.18. The van der Waals surface area contributed by atoms with Gasteiger partial charge in [-0.2, -0.15) is 0 Å². The van der Waals surface area contributed by atoms with Gasteiger partial charge in [0.1, 0.15) is 5.82 Å². The highest BCUT2D eigenvalue weighted by atomic mass is 19.1. The van der Waals surface area contributed by atoms with Crippen molar-refractivity contribution in [1.29, 1.82) is 0 Å². The Morgan fingerprint density at radius 1 is 1.32 bits per heavy atom. The topological polar surface area (TPSA) is 87.2 Å². The third-order valence-electron chi connectivity index (χ3n) is 4.39. The summed E-state index contributed by atoms with van der Waals surface area (Å²) in [6, 6.07) is 4.06. The summed E-state index contributed by atoms with van der Waals surface area (Å²) in [5, 5.41) is 8.85. The van der Waals surface area contributed by atoms with Crippen molar-refractivity contribution in [3.05, 3.63) is 29.6 Å². The van der Waals surface area contributed by atoms with Crippen molar-refractivity contribution in [3.8, 4) is 0 Å². The summed E-state index contributed by atoms with van der Waals surface area (Å²) >= 11 is 0. The second kappa shape index (κ2) is 7.18. The Morgan fingerprint density at radius 2 is 2.12 bits per heavy atom. The van der Waals surface area contributed by atoms with Crippen LogP contribution in [0.1, 0.15) is 29.6 Å². The summed E-state index contributed by atoms with van der Waals surface area (Å²) in [4.78, 5) is 38.3. The van der Waals surface area contributed by atoms with Gasteiger partial charge in [0.15, 0.2) is 0 Å². The van der Waals surface area contributed by atoms with Crippen LogP contribution in [0.3, 0.4) is 0 Å². The number of ether oxygens (including phenoxy) is 1. The Morgan fingerprint density at radius 3 is 2.80 bits per heavy atom. The monoisotopic (exact) mass is 350 g/mol. The molecule has 2 saturated heterocycles. The normalized spacial score (nSPS) is 20.8. The Kier molecular flexibility index (Phi) is 4.98. The fourth-order valence-electron chi connectivity index (χ4n) is 3.16. The molecule has 2 aliphatic rings. The maximum atomic E-state index is 14.2. The summed E-state index contributed by atoms with van der Waals surface area (Å²) in [5.41, 5.74) is 0.385. The van der Waals surface area contributed by atoms with Crippen LogP contribution in [-0.2, 0) is 14.3 Å². The average molecular weight is 350 g/mol. The van der Waals surface area contributed by atoms with E-state index in [0.29, 0.717) is 18.7 Å². The molecule has 1 N–H and O–H groups in total. The SMILES string of the molecule is O=C(O)CC1CN(C(=O)c2cc(N3CCCC3=O)ccc2F)CCO1. The molecule has 1 aromatic rings. The molecule has 1 unspecified atom stereocenters. The predicted molar refractivity (Wildman–Crippen MR) is 85.9 cm³/mol. The maximum absolute atomic E-state index is 14.2. The standard InChI is InChI=1S/C17H19FN2O5/c18-14-4-3-11(20-5-1-2-15(20)21)8-13(14)17(24)19-6-7-25-12(10-19)9-16(22)23/h3-4,8,12H,1-2,5-7,9-10H2,(H,22,23). The number of morpholine rings is 1. The Bertz CT molecular complexity index is 708. The number of carboxylic acids is 1. The van der Waals surface area contributed by atoms with Crippen molar-refractivity contribution < 1.29 is 28.6 Å². The molecule has 134 valence electrons. The van der Waals surface area contributed by atoms with Gasteiger partial charge in [0, 0.05) is 31.7 Å². The summed E-state index contributed by atoms with van der Waals surface area (Å²) in [6.07, 6.45) is 0.358. The highest BCUT2D eigenvalue weighted by Crippen LogP contribution is 2.25. The van der Waals surface area contributed by atoms with Crippen LogP contribution in [0, 0.1) is 5.82 Å². The third-order valence-corrected chi connectivity index (χ3v) is 4.39. The molecule has 2 aliphatic heterocycles. The zero-order valence-electron chi connectivity index (χ0n) is 13.6. The number of benzene rings is 1. The first-order chi connectivity index (χ1) is 12.0. The highest BCUT2D eigenvalue weighted by Gasteiger charge is 2.29. The number of hydrogen-bond acceptors (Lipinski definition) is 4. The van der Waals surface area contributed by atoms with Crippen molar-refractivity contribution in [3.63, 3.8) is 0 Å². The van der Waals surface area contributed by atoms with E-state index in [9.17, 15) is 18.8 Å². The fourth-order valence-corrected chi connectivity index (χ4v) is 3.16. The van der Waals surface area contributed by atoms with Gasteiger partial charge in [-0.15, -0.1) is 0 Å². The van der Waals surface area contributed by atoms with Gasteiger partial charge < -0.3 is 19.6 Å². The number of aliphatic carboxylic acids is 1. The molecule has 25 heavy (non-hydrogen) atoms. The molecule has 0 aromatic heterocycles. The molecule has 8 heteroatoms. The van der Waals surface area contributed by atoms with E-state index in [1.54, 1.807) is 4.90 Å². The second-order valence-electron chi connectivity index (χ2n) is 6.15. The van der Waals surface area contributed by atoms with Gasteiger partial charge in [0.25, 0.3) is 5.91 Å². The minimum absolute atomic E-state index is 0.0436. The number of amides is 2. The lowest BCUT2D eigenvalue weighted by Crippen LogP contribution is -2.46. The van der Waals surface area contributed by atoms with E-state index >= 15 is 0 Å². The molecule has 0 radical (unpaired) electrons. The quantitative estimate of drug-likeness (QED) is 0.884. The zero-order valence-corrected chi connectivity index (χ0v) is 13.6. The molecule has 2 fully saturated rings. The third kappa shape index (κ3) is 3.79. The van der Waals surface area contributed by atoms with Gasteiger partial charge in [-0.1, -0.05) is 0 Å². The lowest BCUT2D eigenvalue weighted by molar-refractivity contribution is -0.141. The summed E-state index contributed by atoms with van der Waals surface area (Å²) in [7, 11) is 0. The van der Waals surface area contributed by atoms with E-state index in [-0.39, 0.29) is 37.6 Å². The highest BCUT2D eigenvalue weighted by molar-refractivity contribution is 5.99. The molecule has 0 spiro atoms. The molecule has 1 aromatic carbocycles. The molecule has 7 nitrogen and oxygen atoms in total. The Labute approximate surface area is 144 Å². The van der Waals surface area contributed by atoms with E-state index in [4.69, 9.17) is 9.84 Å². The van der Waals surface area contributed by atoms with E-state index in [0.717, 1.165) is 6.42 Å².